The highest BCUT2D eigenvalue weighted by Gasteiger charge is 2.26. The molecule has 2 aromatic carbocycles. The second-order valence-corrected chi connectivity index (χ2v) is 10.3. The van der Waals surface area contributed by atoms with E-state index in [0.717, 1.165) is 73.0 Å². The first-order chi connectivity index (χ1) is 14.8. The van der Waals surface area contributed by atoms with Crippen molar-refractivity contribution in [3.63, 3.8) is 0 Å². The van der Waals surface area contributed by atoms with Crippen molar-refractivity contribution >= 4 is 73.0 Å². The van der Waals surface area contributed by atoms with Crippen molar-refractivity contribution in [1.29, 1.82) is 0 Å². The molecule has 0 atom stereocenters. The molecule has 31 heavy (non-hydrogen) atoms. The van der Waals surface area contributed by atoms with Crippen LogP contribution in [0.3, 0.4) is 0 Å². The third kappa shape index (κ3) is 5.75. The number of carbonyl (C=O) groups is 1. The van der Waals surface area contributed by atoms with Crippen LogP contribution in [0, 0.1) is 7.14 Å². The number of ether oxygens (including phenoxy) is 1. The van der Waals surface area contributed by atoms with Gasteiger partial charge in [0, 0.05) is 35.0 Å². The van der Waals surface area contributed by atoms with Crippen LogP contribution in [-0.2, 0) is 6.42 Å². The molecule has 166 valence electrons. The number of nitrogens with zero attached hydrogens (tertiary/aromatic N) is 1. The van der Waals surface area contributed by atoms with Crippen LogP contribution in [0.4, 0.5) is 0 Å². The zero-order chi connectivity index (χ0) is 22.5. The number of benzene rings is 2. The summed E-state index contributed by atoms with van der Waals surface area (Å²) in [5.41, 5.74) is 3.06. The number of para-hydroxylation sites is 1. The van der Waals surface area contributed by atoms with Gasteiger partial charge >= 0.3 is 0 Å². The van der Waals surface area contributed by atoms with Crippen LogP contribution in [0.2, 0.25) is 0 Å². The van der Waals surface area contributed by atoms with Crippen LogP contribution in [0.15, 0.2) is 34.7 Å². The lowest BCUT2D eigenvalue weighted by Crippen LogP contribution is -2.16. The molecule has 0 unspecified atom stereocenters. The van der Waals surface area contributed by atoms with Gasteiger partial charge in [-0.25, -0.2) is 0 Å². The lowest BCUT2D eigenvalue weighted by Gasteiger charge is -2.17. The summed E-state index contributed by atoms with van der Waals surface area (Å²) in [5, 5.41) is 0.516. The van der Waals surface area contributed by atoms with Crippen LogP contribution < -0.4 is 4.74 Å². The minimum absolute atomic E-state index is 0.475. The molecule has 0 bridgehead atoms. The molecule has 0 amide bonds. The fraction of sp³-hybridized carbons (Fsp3) is 0.375. The molecule has 0 saturated heterocycles. The van der Waals surface area contributed by atoms with Gasteiger partial charge in [-0.05, 0) is 95.9 Å². The number of aryl methyl sites for hydroxylation is 1. The van der Waals surface area contributed by atoms with Crippen molar-refractivity contribution in [1.82, 2.24) is 4.90 Å². The summed E-state index contributed by atoms with van der Waals surface area (Å²) in [5.74, 6) is 1.68. The van der Waals surface area contributed by atoms with E-state index >= 15 is 0 Å². The Morgan fingerprint density at radius 1 is 1.16 bits per heavy atom. The lowest BCUT2D eigenvalue weighted by atomic mass is 9.95. The van der Waals surface area contributed by atoms with Crippen molar-refractivity contribution in [2.45, 2.75) is 32.6 Å². The number of furan rings is 1. The number of unbranched alkanes of at least 4 members (excludes halogenated alkanes) is 1. The molecule has 0 aliphatic rings. The molecule has 3 rings (SSSR count). The Kier molecular flexibility index (Phi) is 9.07. The maximum atomic E-state index is 12.5. The Morgan fingerprint density at radius 3 is 2.58 bits per heavy atom. The van der Waals surface area contributed by atoms with Crippen molar-refractivity contribution < 1.29 is 13.9 Å². The number of halogens is 3. The molecule has 0 aliphatic heterocycles. The van der Waals surface area contributed by atoms with E-state index in [1.165, 1.54) is 0 Å². The van der Waals surface area contributed by atoms with E-state index in [4.69, 9.17) is 20.8 Å². The van der Waals surface area contributed by atoms with Gasteiger partial charge in [-0.1, -0.05) is 31.5 Å². The lowest BCUT2D eigenvalue weighted by molar-refractivity contribution is 0.108. The third-order valence-corrected chi connectivity index (χ3v) is 7.09. The fourth-order valence-electron chi connectivity index (χ4n) is 3.57. The quantitative estimate of drug-likeness (QED) is 0.129. The predicted octanol–water partition coefficient (Wildman–Crippen LogP) is 7.36. The maximum Gasteiger partial charge on any atom is 0.253 e. The number of hydrogen-bond donors (Lipinski definition) is 0. The molecule has 0 N–H and O–H groups in total. The SMILES string of the molecule is CCCCc1oc2ccccc2c1-c1c(C(=O)Cl)cc(I)c(OCCCN(C)C)c1I. The van der Waals surface area contributed by atoms with Crippen molar-refractivity contribution in [2.75, 3.05) is 27.2 Å². The largest absolute Gasteiger partial charge is 0.491 e. The Bertz CT molecular complexity index is 1080. The summed E-state index contributed by atoms with van der Waals surface area (Å²) < 4.78 is 14.2. The van der Waals surface area contributed by atoms with Gasteiger partial charge in [-0.3, -0.25) is 4.79 Å². The zero-order valence-electron chi connectivity index (χ0n) is 17.9. The monoisotopic (exact) mass is 665 g/mol. The first-order valence-electron chi connectivity index (χ1n) is 10.3. The molecule has 0 saturated carbocycles. The van der Waals surface area contributed by atoms with Crippen molar-refractivity contribution in [2.24, 2.45) is 0 Å². The van der Waals surface area contributed by atoms with Gasteiger partial charge in [-0.2, -0.15) is 0 Å². The van der Waals surface area contributed by atoms with Gasteiger partial charge in [-0.15, -0.1) is 0 Å². The summed E-state index contributed by atoms with van der Waals surface area (Å²) in [4.78, 5) is 14.6. The minimum atomic E-state index is -0.475. The Labute approximate surface area is 215 Å². The first-order valence-corrected chi connectivity index (χ1v) is 12.9. The summed E-state index contributed by atoms with van der Waals surface area (Å²) in [6, 6.07) is 9.79. The van der Waals surface area contributed by atoms with E-state index in [9.17, 15) is 4.79 Å². The van der Waals surface area contributed by atoms with E-state index in [-0.39, 0.29) is 0 Å². The summed E-state index contributed by atoms with van der Waals surface area (Å²) >= 11 is 10.6. The van der Waals surface area contributed by atoms with Crippen LogP contribution in [0.5, 0.6) is 5.75 Å². The molecular weight excluding hydrogens is 640 g/mol. The predicted molar refractivity (Wildman–Crippen MR) is 145 cm³/mol. The molecule has 4 nitrogen and oxygen atoms in total. The van der Waals surface area contributed by atoms with E-state index in [1.54, 1.807) is 0 Å². The number of carbonyl (C=O) groups excluding carboxylic acids is 1. The molecule has 1 heterocycles. The van der Waals surface area contributed by atoms with Crippen molar-refractivity contribution in [3.05, 3.63) is 48.8 Å². The summed E-state index contributed by atoms with van der Waals surface area (Å²) in [6.45, 7) is 3.71. The van der Waals surface area contributed by atoms with Gasteiger partial charge in [0.15, 0.2) is 0 Å². The van der Waals surface area contributed by atoms with Crippen LogP contribution >= 0.6 is 56.8 Å². The number of fused-ring (bicyclic) bond motifs is 1. The minimum Gasteiger partial charge on any atom is -0.491 e. The smallest absolute Gasteiger partial charge is 0.253 e. The van der Waals surface area contributed by atoms with Gasteiger partial charge in [0.2, 0.25) is 0 Å². The van der Waals surface area contributed by atoms with Crippen LogP contribution in [0.1, 0.15) is 42.3 Å². The topological polar surface area (TPSA) is 42.7 Å². The molecule has 0 radical (unpaired) electrons. The van der Waals surface area contributed by atoms with Gasteiger partial charge < -0.3 is 14.1 Å². The molecule has 3 aromatic rings. The highest BCUT2D eigenvalue weighted by atomic mass is 127. The Balaban J connectivity index is 2.17. The molecule has 1 aromatic heterocycles. The van der Waals surface area contributed by atoms with Crippen LogP contribution in [0.25, 0.3) is 22.1 Å². The summed E-state index contributed by atoms with van der Waals surface area (Å²) in [7, 11) is 4.10. The highest BCUT2D eigenvalue weighted by Crippen LogP contribution is 2.44. The second-order valence-electron chi connectivity index (χ2n) is 7.70. The average Bonchev–Trinajstić information content (AvgIpc) is 3.09. The molecule has 0 fully saturated rings. The Hall–Kier alpha value is -0.840. The maximum absolute atomic E-state index is 12.5. The second kappa shape index (κ2) is 11.3. The van der Waals surface area contributed by atoms with E-state index in [1.807, 2.05) is 44.4 Å². The van der Waals surface area contributed by atoms with E-state index in [2.05, 4.69) is 57.0 Å². The molecular formula is C24H26ClI2NO3. The first kappa shape index (κ1) is 24.8. The van der Waals surface area contributed by atoms with E-state index < -0.39 is 5.24 Å². The van der Waals surface area contributed by atoms with Gasteiger partial charge in [0.05, 0.1) is 13.7 Å². The third-order valence-electron chi connectivity index (χ3n) is 5.06. The number of rotatable bonds is 10. The highest BCUT2D eigenvalue weighted by molar-refractivity contribution is 14.1. The van der Waals surface area contributed by atoms with E-state index in [0.29, 0.717) is 12.2 Å². The van der Waals surface area contributed by atoms with Gasteiger partial charge in [0.25, 0.3) is 5.24 Å². The standard InChI is InChI=1S/C24H26ClI2NO3/c1-4-5-10-19-20(15-9-6-7-11-18(15)31-19)21-16(24(25)29)14-17(26)23(22(21)27)30-13-8-12-28(2)3/h6-7,9,11,14H,4-5,8,10,12-13H2,1-3H3. The normalized spacial score (nSPS) is 11.5. The zero-order valence-corrected chi connectivity index (χ0v) is 23.0. The number of hydrogen-bond acceptors (Lipinski definition) is 4. The van der Waals surface area contributed by atoms with Crippen LogP contribution in [-0.4, -0.2) is 37.4 Å². The Morgan fingerprint density at radius 2 is 1.90 bits per heavy atom. The molecule has 7 heteroatoms. The summed E-state index contributed by atoms with van der Waals surface area (Å²) in [6.07, 6.45) is 3.78. The molecule has 0 spiro atoms. The van der Waals surface area contributed by atoms with Gasteiger partial charge in [0.1, 0.15) is 17.1 Å². The van der Waals surface area contributed by atoms with Crippen molar-refractivity contribution in [3.8, 4) is 16.9 Å². The fourth-order valence-corrected chi connectivity index (χ4v) is 5.98. The average molecular weight is 666 g/mol. The molecule has 0 aliphatic carbocycles.